The van der Waals surface area contributed by atoms with Crippen LogP contribution in [0.4, 0.5) is 10.5 Å². The molecule has 17 heavy (non-hydrogen) atoms. The van der Waals surface area contributed by atoms with Crippen LogP contribution in [-0.4, -0.2) is 28.8 Å². The van der Waals surface area contributed by atoms with Crippen molar-refractivity contribution >= 4 is 17.7 Å². The number of carbonyl (C=O) groups excluding carboxylic acids is 1. The van der Waals surface area contributed by atoms with E-state index in [1.165, 1.54) is 12.1 Å². The van der Waals surface area contributed by atoms with Crippen molar-refractivity contribution in [3.8, 4) is 0 Å². The number of hydrogen-bond donors (Lipinski definition) is 3. The van der Waals surface area contributed by atoms with Crippen molar-refractivity contribution in [3.05, 3.63) is 40.8 Å². The molecule has 90 valence electrons. The summed E-state index contributed by atoms with van der Waals surface area (Å²) in [7, 11) is 0. The van der Waals surface area contributed by atoms with Crippen LogP contribution in [0.2, 0.25) is 0 Å². The van der Waals surface area contributed by atoms with Crippen molar-refractivity contribution in [3.63, 3.8) is 0 Å². The van der Waals surface area contributed by atoms with Crippen LogP contribution in [0.3, 0.4) is 0 Å². The van der Waals surface area contributed by atoms with E-state index in [4.69, 9.17) is 5.11 Å². The lowest BCUT2D eigenvalue weighted by atomic mass is 10.3. The standard InChI is InChI=1S/C10H10N2O5/c1-2-5-17-10(16)12-6-3-4-7(9(14)15)11-8(6)13/h2-4H,1,5H2,(H,11,13)(H,12,16)(H,14,15). The highest BCUT2D eigenvalue weighted by Gasteiger charge is 2.09. The number of rotatable bonds is 4. The van der Waals surface area contributed by atoms with E-state index in [9.17, 15) is 14.4 Å². The van der Waals surface area contributed by atoms with Gasteiger partial charge in [-0.05, 0) is 12.1 Å². The van der Waals surface area contributed by atoms with Crippen LogP contribution in [0.5, 0.6) is 0 Å². The zero-order valence-corrected chi connectivity index (χ0v) is 8.73. The number of H-pyrrole nitrogens is 1. The van der Waals surface area contributed by atoms with Gasteiger partial charge < -0.3 is 14.8 Å². The molecule has 0 fully saturated rings. The van der Waals surface area contributed by atoms with Crippen LogP contribution in [-0.2, 0) is 4.74 Å². The maximum Gasteiger partial charge on any atom is 0.412 e. The fraction of sp³-hybridized carbons (Fsp3) is 0.100. The number of ether oxygens (including phenoxy) is 1. The predicted molar refractivity (Wildman–Crippen MR) is 59.2 cm³/mol. The molecule has 0 aliphatic heterocycles. The number of hydrogen-bond acceptors (Lipinski definition) is 4. The first-order valence-electron chi connectivity index (χ1n) is 4.56. The molecule has 0 bridgehead atoms. The number of aromatic amines is 1. The van der Waals surface area contributed by atoms with E-state index in [-0.39, 0.29) is 18.0 Å². The minimum Gasteiger partial charge on any atom is -0.477 e. The van der Waals surface area contributed by atoms with E-state index in [1.54, 1.807) is 0 Å². The number of carboxylic acid groups (broad SMARTS) is 1. The van der Waals surface area contributed by atoms with Crippen LogP contribution in [0.1, 0.15) is 10.5 Å². The summed E-state index contributed by atoms with van der Waals surface area (Å²) >= 11 is 0. The first kappa shape index (κ1) is 12.5. The molecule has 0 aliphatic rings. The van der Waals surface area contributed by atoms with Crippen LogP contribution in [0, 0.1) is 0 Å². The first-order valence-corrected chi connectivity index (χ1v) is 4.56. The molecule has 0 aliphatic carbocycles. The Morgan fingerprint density at radius 1 is 1.53 bits per heavy atom. The summed E-state index contributed by atoms with van der Waals surface area (Å²) in [4.78, 5) is 35.1. The third kappa shape index (κ3) is 3.49. The molecule has 0 saturated carbocycles. The van der Waals surface area contributed by atoms with Gasteiger partial charge in [0.15, 0.2) is 0 Å². The summed E-state index contributed by atoms with van der Waals surface area (Å²) in [5.74, 6) is -1.26. The maximum atomic E-state index is 11.3. The number of carboxylic acids is 1. The monoisotopic (exact) mass is 238 g/mol. The molecule has 0 unspecified atom stereocenters. The Bertz CT molecular complexity index is 506. The van der Waals surface area contributed by atoms with Gasteiger partial charge in [0.25, 0.3) is 5.56 Å². The third-order valence-corrected chi connectivity index (χ3v) is 1.71. The summed E-state index contributed by atoms with van der Waals surface area (Å²) in [5.41, 5.74) is -1.08. The normalized spacial score (nSPS) is 9.41. The van der Waals surface area contributed by atoms with Crippen molar-refractivity contribution < 1.29 is 19.4 Å². The second kappa shape index (κ2) is 5.50. The fourth-order valence-corrected chi connectivity index (χ4v) is 0.978. The maximum absolute atomic E-state index is 11.3. The third-order valence-electron chi connectivity index (χ3n) is 1.71. The average Bonchev–Trinajstić information content (AvgIpc) is 2.28. The molecule has 0 spiro atoms. The largest absolute Gasteiger partial charge is 0.477 e. The van der Waals surface area contributed by atoms with E-state index in [2.05, 4.69) is 21.6 Å². The first-order chi connectivity index (χ1) is 8.04. The van der Waals surface area contributed by atoms with Gasteiger partial charge in [-0.3, -0.25) is 10.1 Å². The highest BCUT2D eigenvalue weighted by Crippen LogP contribution is 2.01. The van der Waals surface area contributed by atoms with Gasteiger partial charge in [0, 0.05) is 0 Å². The van der Waals surface area contributed by atoms with Crippen molar-refractivity contribution in [1.82, 2.24) is 4.98 Å². The van der Waals surface area contributed by atoms with Gasteiger partial charge in [-0.1, -0.05) is 12.7 Å². The molecule has 3 N–H and O–H groups in total. The Labute approximate surface area is 95.7 Å². The molecule has 1 rings (SSSR count). The minimum absolute atomic E-state index is 0.0109. The van der Waals surface area contributed by atoms with Gasteiger partial charge in [-0.25, -0.2) is 9.59 Å². The predicted octanol–water partition coefficient (Wildman–Crippen LogP) is 0.808. The average molecular weight is 238 g/mol. The van der Waals surface area contributed by atoms with Crippen LogP contribution in [0.25, 0.3) is 0 Å². The van der Waals surface area contributed by atoms with Gasteiger partial charge in [-0.2, -0.15) is 0 Å². The van der Waals surface area contributed by atoms with Crippen LogP contribution >= 0.6 is 0 Å². The second-order valence-corrected chi connectivity index (χ2v) is 2.93. The zero-order chi connectivity index (χ0) is 12.8. The molecule has 0 aromatic carbocycles. The van der Waals surface area contributed by atoms with Crippen LogP contribution < -0.4 is 10.9 Å². The summed E-state index contributed by atoms with van der Waals surface area (Å²) in [6.45, 7) is 3.36. The molecule has 0 atom stereocenters. The molecule has 7 nitrogen and oxygen atoms in total. The van der Waals surface area contributed by atoms with Gasteiger partial charge in [-0.15, -0.1) is 0 Å². The van der Waals surface area contributed by atoms with Crippen molar-refractivity contribution in [1.29, 1.82) is 0 Å². The van der Waals surface area contributed by atoms with Crippen molar-refractivity contribution in [2.75, 3.05) is 11.9 Å². The molecular formula is C10H10N2O5. The minimum atomic E-state index is -1.26. The Morgan fingerprint density at radius 2 is 2.24 bits per heavy atom. The number of aromatic nitrogens is 1. The Morgan fingerprint density at radius 3 is 2.76 bits per heavy atom. The molecule has 0 saturated heterocycles. The summed E-state index contributed by atoms with van der Waals surface area (Å²) in [6.07, 6.45) is 0.552. The highest BCUT2D eigenvalue weighted by atomic mass is 16.5. The quantitative estimate of drug-likeness (QED) is 0.672. The number of amides is 1. The molecule has 1 amide bonds. The molecule has 0 radical (unpaired) electrons. The molecule has 1 aromatic rings. The highest BCUT2D eigenvalue weighted by molar-refractivity contribution is 5.87. The number of carbonyl (C=O) groups is 2. The molecule has 7 heteroatoms. The van der Waals surface area contributed by atoms with Crippen molar-refractivity contribution in [2.45, 2.75) is 0 Å². The number of anilines is 1. The lowest BCUT2D eigenvalue weighted by Crippen LogP contribution is -2.22. The summed E-state index contributed by atoms with van der Waals surface area (Å²) < 4.78 is 4.59. The Hall–Kier alpha value is -2.57. The summed E-state index contributed by atoms with van der Waals surface area (Å²) in [5, 5.41) is 10.8. The SMILES string of the molecule is C=CCOC(=O)Nc1ccc(C(=O)O)[nH]c1=O. The number of pyridine rings is 1. The Kier molecular flexibility index (Phi) is 4.04. The molecular weight excluding hydrogens is 228 g/mol. The lowest BCUT2D eigenvalue weighted by molar-refractivity contribution is 0.0690. The van der Waals surface area contributed by atoms with E-state index in [0.717, 1.165) is 6.07 Å². The number of nitrogens with one attached hydrogen (secondary N) is 2. The lowest BCUT2D eigenvalue weighted by Gasteiger charge is -2.04. The van der Waals surface area contributed by atoms with Gasteiger partial charge in [0.1, 0.15) is 18.0 Å². The summed E-state index contributed by atoms with van der Waals surface area (Å²) in [6, 6.07) is 2.34. The van der Waals surface area contributed by atoms with Gasteiger partial charge in [0.2, 0.25) is 0 Å². The zero-order valence-electron chi connectivity index (χ0n) is 8.73. The topological polar surface area (TPSA) is 108 Å². The van der Waals surface area contributed by atoms with Gasteiger partial charge >= 0.3 is 12.1 Å². The Balaban J connectivity index is 2.79. The van der Waals surface area contributed by atoms with E-state index in [1.807, 2.05) is 0 Å². The second-order valence-electron chi connectivity index (χ2n) is 2.93. The molecule has 1 aromatic heterocycles. The van der Waals surface area contributed by atoms with E-state index >= 15 is 0 Å². The van der Waals surface area contributed by atoms with Crippen LogP contribution in [0.15, 0.2) is 29.6 Å². The number of aromatic carboxylic acids is 1. The molecule has 1 heterocycles. The van der Waals surface area contributed by atoms with Gasteiger partial charge in [0.05, 0.1) is 0 Å². The smallest absolute Gasteiger partial charge is 0.412 e. The van der Waals surface area contributed by atoms with E-state index < -0.39 is 17.6 Å². The van der Waals surface area contributed by atoms with E-state index in [0.29, 0.717) is 0 Å². The van der Waals surface area contributed by atoms with Crippen molar-refractivity contribution in [2.24, 2.45) is 0 Å². The fourth-order valence-electron chi connectivity index (χ4n) is 0.978.